The SMILES string of the molecule is CCOC(=O)Cc1[nH][nH]c(=O)c1C(CC(N)=O)c1cc(Cl)c2c(c1)OCO2. The molecular weight excluding hydrogens is 378 g/mol. The third-order valence-electron chi connectivity index (χ3n) is 4.13. The zero-order chi connectivity index (χ0) is 19.6. The number of benzene rings is 1. The van der Waals surface area contributed by atoms with Crippen molar-refractivity contribution in [3.8, 4) is 11.5 Å². The Balaban J connectivity index is 2.06. The third kappa shape index (κ3) is 3.92. The molecule has 4 N–H and O–H groups in total. The molecule has 0 fully saturated rings. The van der Waals surface area contributed by atoms with Crippen LogP contribution in [-0.2, 0) is 20.7 Å². The van der Waals surface area contributed by atoms with E-state index in [1.165, 1.54) is 0 Å². The zero-order valence-electron chi connectivity index (χ0n) is 14.5. The van der Waals surface area contributed by atoms with E-state index in [1.807, 2.05) is 0 Å². The summed E-state index contributed by atoms with van der Waals surface area (Å²) >= 11 is 6.23. The Hall–Kier alpha value is -2.94. The number of nitrogens with one attached hydrogen (secondary N) is 2. The summed E-state index contributed by atoms with van der Waals surface area (Å²) in [5.74, 6) is -1.04. The van der Waals surface area contributed by atoms with Crippen LogP contribution >= 0.6 is 11.6 Å². The molecule has 10 heteroatoms. The molecule has 1 aliphatic heterocycles. The van der Waals surface area contributed by atoms with Gasteiger partial charge in [-0.2, -0.15) is 0 Å². The van der Waals surface area contributed by atoms with Gasteiger partial charge < -0.3 is 25.0 Å². The summed E-state index contributed by atoms with van der Waals surface area (Å²) in [7, 11) is 0. The van der Waals surface area contributed by atoms with Gasteiger partial charge in [0.25, 0.3) is 5.56 Å². The van der Waals surface area contributed by atoms with Crippen molar-refractivity contribution in [3.05, 3.63) is 44.3 Å². The fraction of sp³-hybridized carbons (Fsp3) is 0.353. The van der Waals surface area contributed by atoms with Gasteiger partial charge in [-0.15, -0.1) is 0 Å². The van der Waals surface area contributed by atoms with E-state index in [9.17, 15) is 14.4 Å². The first-order valence-electron chi connectivity index (χ1n) is 8.23. The lowest BCUT2D eigenvalue weighted by atomic mass is 9.87. The highest BCUT2D eigenvalue weighted by molar-refractivity contribution is 6.32. The number of carbonyl (C=O) groups is 2. The van der Waals surface area contributed by atoms with E-state index in [-0.39, 0.29) is 36.8 Å². The van der Waals surface area contributed by atoms with Gasteiger partial charge in [-0.25, -0.2) is 0 Å². The molecule has 2 aromatic rings. The van der Waals surface area contributed by atoms with E-state index >= 15 is 0 Å². The molecule has 0 saturated heterocycles. The highest BCUT2D eigenvalue weighted by atomic mass is 35.5. The van der Waals surface area contributed by atoms with Gasteiger partial charge in [-0.1, -0.05) is 11.6 Å². The van der Waals surface area contributed by atoms with Gasteiger partial charge in [0.1, 0.15) is 0 Å². The number of H-pyrrole nitrogens is 2. The zero-order valence-corrected chi connectivity index (χ0v) is 15.2. The normalized spacial score (nSPS) is 13.4. The number of fused-ring (bicyclic) bond motifs is 1. The molecule has 0 saturated carbocycles. The summed E-state index contributed by atoms with van der Waals surface area (Å²) in [4.78, 5) is 35.9. The van der Waals surface area contributed by atoms with Gasteiger partial charge in [0.15, 0.2) is 11.5 Å². The molecule has 0 aliphatic carbocycles. The minimum Gasteiger partial charge on any atom is -0.466 e. The Morgan fingerprint density at radius 2 is 2.11 bits per heavy atom. The monoisotopic (exact) mass is 395 g/mol. The maximum atomic E-state index is 12.4. The first kappa shape index (κ1) is 18.8. The maximum absolute atomic E-state index is 12.4. The topological polar surface area (TPSA) is 136 Å². The number of amides is 1. The minimum atomic E-state index is -0.728. The summed E-state index contributed by atoms with van der Waals surface area (Å²) in [5, 5.41) is 5.41. The molecule has 1 aromatic heterocycles. The Bertz CT molecular complexity index is 935. The maximum Gasteiger partial charge on any atom is 0.311 e. The Labute approximate surface area is 158 Å². The number of hydrogen-bond acceptors (Lipinski definition) is 6. The lowest BCUT2D eigenvalue weighted by Crippen LogP contribution is -2.22. The Kier molecular flexibility index (Phi) is 5.41. The van der Waals surface area contributed by atoms with Crippen LogP contribution in [0.1, 0.15) is 36.1 Å². The van der Waals surface area contributed by atoms with E-state index in [4.69, 9.17) is 31.5 Å². The van der Waals surface area contributed by atoms with Crippen molar-refractivity contribution in [1.82, 2.24) is 10.2 Å². The molecule has 3 rings (SSSR count). The minimum absolute atomic E-state index is 0.0256. The molecule has 0 bridgehead atoms. The quantitative estimate of drug-likeness (QED) is 0.602. The van der Waals surface area contributed by atoms with Crippen molar-refractivity contribution in [1.29, 1.82) is 0 Å². The highest BCUT2D eigenvalue weighted by Crippen LogP contribution is 2.43. The number of aromatic nitrogens is 2. The fourth-order valence-electron chi connectivity index (χ4n) is 3.04. The van der Waals surface area contributed by atoms with Crippen molar-refractivity contribution >= 4 is 23.5 Å². The predicted molar refractivity (Wildman–Crippen MR) is 95.0 cm³/mol. The molecule has 1 unspecified atom stereocenters. The van der Waals surface area contributed by atoms with Crippen molar-refractivity contribution in [3.63, 3.8) is 0 Å². The second-order valence-corrected chi connectivity index (χ2v) is 6.32. The molecular formula is C17H18ClN3O6. The van der Waals surface area contributed by atoms with Crippen molar-refractivity contribution in [2.45, 2.75) is 25.7 Å². The van der Waals surface area contributed by atoms with Crippen LogP contribution in [0.3, 0.4) is 0 Å². The molecule has 1 amide bonds. The van der Waals surface area contributed by atoms with Crippen LogP contribution in [0.5, 0.6) is 11.5 Å². The summed E-state index contributed by atoms with van der Waals surface area (Å²) in [6, 6.07) is 3.23. The van der Waals surface area contributed by atoms with Crippen LogP contribution in [0, 0.1) is 0 Å². The summed E-state index contributed by atoms with van der Waals surface area (Å²) in [6.07, 6.45) is -0.317. The highest BCUT2D eigenvalue weighted by Gasteiger charge is 2.29. The molecule has 144 valence electrons. The standard InChI is InChI=1S/C17H18ClN3O6/c1-2-25-14(23)6-11-15(17(24)21-20-11)9(5-13(19)22)8-3-10(18)16-12(4-8)26-7-27-16/h3-4,9H,2,5-7H2,1H3,(H2,19,22)(H2,20,21,24). The number of aromatic amines is 2. The van der Waals surface area contributed by atoms with Gasteiger partial charge in [-0.05, 0) is 24.6 Å². The van der Waals surface area contributed by atoms with E-state index < -0.39 is 23.4 Å². The van der Waals surface area contributed by atoms with Crippen LogP contribution in [0.4, 0.5) is 0 Å². The molecule has 2 heterocycles. The lowest BCUT2D eigenvalue weighted by Gasteiger charge is -2.17. The van der Waals surface area contributed by atoms with Gasteiger partial charge in [0.2, 0.25) is 12.7 Å². The number of ether oxygens (including phenoxy) is 3. The number of nitrogens with two attached hydrogens (primary N) is 1. The van der Waals surface area contributed by atoms with Crippen LogP contribution in [0.25, 0.3) is 0 Å². The van der Waals surface area contributed by atoms with Crippen LogP contribution in [0.2, 0.25) is 5.02 Å². The summed E-state index contributed by atoms with van der Waals surface area (Å²) in [5.41, 5.74) is 6.01. The average Bonchev–Trinajstić information content (AvgIpc) is 3.20. The first-order valence-corrected chi connectivity index (χ1v) is 8.60. The molecule has 27 heavy (non-hydrogen) atoms. The second kappa shape index (κ2) is 7.75. The van der Waals surface area contributed by atoms with Gasteiger partial charge in [-0.3, -0.25) is 19.5 Å². The van der Waals surface area contributed by atoms with Crippen molar-refractivity contribution in [2.75, 3.05) is 13.4 Å². The van der Waals surface area contributed by atoms with Gasteiger partial charge in [0.05, 0.1) is 23.7 Å². The van der Waals surface area contributed by atoms with Gasteiger partial charge in [0, 0.05) is 17.9 Å². The Morgan fingerprint density at radius 1 is 1.33 bits per heavy atom. The van der Waals surface area contributed by atoms with Gasteiger partial charge >= 0.3 is 5.97 Å². The van der Waals surface area contributed by atoms with Crippen LogP contribution in [0.15, 0.2) is 16.9 Å². The van der Waals surface area contributed by atoms with E-state index in [0.29, 0.717) is 22.8 Å². The summed E-state index contributed by atoms with van der Waals surface area (Å²) < 4.78 is 15.6. The Morgan fingerprint density at radius 3 is 2.81 bits per heavy atom. The number of esters is 1. The smallest absolute Gasteiger partial charge is 0.311 e. The number of rotatable bonds is 7. The first-order chi connectivity index (χ1) is 12.9. The molecule has 1 aromatic carbocycles. The number of carbonyl (C=O) groups excluding carboxylic acids is 2. The number of hydrogen-bond donors (Lipinski definition) is 3. The molecule has 1 atom stereocenters. The van der Waals surface area contributed by atoms with Crippen LogP contribution in [-0.4, -0.2) is 35.5 Å². The number of halogens is 1. The average molecular weight is 396 g/mol. The van der Waals surface area contributed by atoms with Crippen LogP contribution < -0.4 is 20.8 Å². The lowest BCUT2D eigenvalue weighted by molar-refractivity contribution is -0.142. The van der Waals surface area contributed by atoms with E-state index in [0.717, 1.165) is 0 Å². The van der Waals surface area contributed by atoms with Crippen molar-refractivity contribution < 1.29 is 23.8 Å². The second-order valence-electron chi connectivity index (χ2n) is 5.91. The molecule has 1 aliphatic rings. The third-order valence-corrected chi connectivity index (χ3v) is 4.41. The predicted octanol–water partition coefficient (Wildman–Crippen LogP) is 1.20. The summed E-state index contributed by atoms with van der Waals surface area (Å²) in [6.45, 7) is 1.92. The number of primary amides is 1. The molecule has 9 nitrogen and oxygen atoms in total. The van der Waals surface area contributed by atoms with E-state index in [2.05, 4.69) is 10.2 Å². The largest absolute Gasteiger partial charge is 0.466 e. The molecule has 0 spiro atoms. The van der Waals surface area contributed by atoms with Crippen molar-refractivity contribution in [2.24, 2.45) is 5.73 Å². The van der Waals surface area contributed by atoms with E-state index in [1.54, 1.807) is 19.1 Å². The fourth-order valence-corrected chi connectivity index (χ4v) is 3.32. The molecule has 0 radical (unpaired) electrons.